The predicted molar refractivity (Wildman–Crippen MR) is 69.4 cm³/mol. The molecule has 0 aliphatic rings. The molecule has 1 aromatic carbocycles. The minimum atomic E-state index is -0.179. The number of rotatable bonds is 7. The number of benzene rings is 1. The molecule has 3 heteroatoms. The van der Waals surface area contributed by atoms with Crippen LogP contribution in [-0.4, -0.2) is 18.3 Å². The van der Waals surface area contributed by atoms with E-state index in [4.69, 9.17) is 0 Å². The van der Waals surface area contributed by atoms with Gasteiger partial charge in [-0.2, -0.15) is 0 Å². The van der Waals surface area contributed by atoms with Crippen LogP contribution in [0.4, 0.5) is 4.39 Å². The number of halogens is 1. The molecule has 0 saturated heterocycles. The Morgan fingerprint density at radius 1 is 1.56 bits per heavy atom. The number of nitrogens with one attached hydrogen (secondary N) is 1. The number of thioether (sulfide) groups is 1. The van der Waals surface area contributed by atoms with E-state index >= 15 is 0 Å². The van der Waals surface area contributed by atoms with Gasteiger partial charge in [-0.05, 0) is 31.2 Å². The second-order valence-electron chi connectivity index (χ2n) is 3.56. The third-order valence-corrected chi connectivity index (χ3v) is 3.28. The second kappa shape index (κ2) is 7.47. The van der Waals surface area contributed by atoms with E-state index in [0.717, 1.165) is 23.6 Å². The minimum absolute atomic E-state index is 0.179. The molecule has 0 bridgehead atoms. The van der Waals surface area contributed by atoms with Crippen LogP contribution in [0, 0.1) is 5.82 Å². The lowest BCUT2D eigenvalue weighted by Crippen LogP contribution is -2.29. The first-order valence-electron chi connectivity index (χ1n) is 5.50. The zero-order chi connectivity index (χ0) is 11.8. The maximum absolute atomic E-state index is 12.9. The summed E-state index contributed by atoms with van der Waals surface area (Å²) in [7, 11) is 0. The molecular formula is C13H18FNS. The number of hydrogen-bond donors (Lipinski definition) is 1. The molecule has 0 heterocycles. The first-order valence-corrected chi connectivity index (χ1v) is 6.49. The van der Waals surface area contributed by atoms with E-state index in [0.29, 0.717) is 0 Å². The summed E-state index contributed by atoms with van der Waals surface area (Å²) in [5.74, 6) is 0.703. The Morgan fingerprint density at radius 3 is 3.00 bits per heavy atom. The molecule has 1 rings (SSSR count). The molecule has 0 aliphatic heterocycles. The fourth-order valence-corrected chi connectivity index (χ4v) is 2.28. The van der Waals surface area contributed by atoms with E-state index < -0.39 is 0 Å². The van der Waals surface area contributed by atoms with Gasteiger partial charge in [0, 0.05) is 16.7 Å². The van der Waals surface area contributed by atoms with E-state index in [9.17, 15) is 4.39 Å². The molecule has 0 radical (unpaired) electrons. The lowest BCUT2D eigenvalue weighted by molar-refractivity contribution is 0.623. The second-order valence-corrected chi connectivity index (χ2v) is 4.66. The highest BCUT2D eigenvalue weighted by molar-refractivity contribution is 7.99. The third-order valence-electron chi connectivity index (χ3n) is 2.17. The lowest BCUT2D eigenvalue weighted by Gasteiger charge is -2.13. The van der Waals surface area contributed by atoms with Crippen LogP contribution in [0.5, 0.6) is 0 Å². The van der Waals surface area contributed by atoms with Gasteiger partial charge in [-0.3, -0.25) is 0 Å². The standard InChI is InChI=1S/C13H18FNS/c1-3-8-15-12(4-2)10-16-13-7-5-6-11(14)9-13/h4-7,9,12,15H,2-3,8,10H2,1H3. The van der Waals surface area contributed by atoms with Crippen molar-refractivity contribution in [2.24, 2.45) is 0 Å². The van der Waals surface area contributed by atoms with Gasteiger partial charge in [-0.15, -0.1) is 18.3 Å². The van der Waals surface area contributed by atoms with Gasteiger partial charge in [0.2, 0.25) is 0 Å². The highest BCUT2D eigenvalue weighted by Crippen LogP contribution is 2.19. The van der Waals surface area contributed by atoms with Gasteiger partial charge in [-0.1, -0.05) is 19.1 Å². The van der Waals surface area contributed by atoms with Crippen LogP contribution in [0.3, 0.4) is 0 Å². The van der Waals surface area contributed by atoms with Gasteiger partial charge >= 0.3 is 0 Å². The molecule has 0 aromatic heterocycles. The summed E-state index contributed by atoms with van der Waals surface area (Å²) >= 11 is 1.64. The normalized spacial score (nSPS) is 12.4. The van der Waals surface area contributed by atoms with Crippen LogP contribution >= 0.6 is 11.8 Å². The van der Waals surface area contributed by atoms with E-state index in [2.05, 4.69) is 18.8 Å². The SMILES string of the molecule is C=CC(CSc1cccc(F)c1)NCCC. The maximum Gasteiger partial charge on any atom is 0.124 e. The van der Waals surface area contributed by atoms with Crippen molar-refractivity contribution in [1.82, 2.24) is 5.32 Å². The predicted octanol–water partition coefficient (Wildman–Crippen LogP) is 3.47. The average Bonchev–Trinajstić information content (AvgIpc) is 2.29. The van der Waals surface area contributed by atoms with Crippen LogP contribution in [-0.2, 0) is 0 Å². The third kappa shape index (κ3) is 4.81. The monoisotopic (exact) mass is 239 g/mol. The van der Waals surface area contributed by atoms with Crippen molar-refractivity contribution >= 4 is 11.8 Å². The summed E-state index contributed by atoms with van der Waals surface area (Å²) in [5.41, 5.74) is 0. The molecule has 0 spiro atoms. The van der Waals surface area contributed by atoms with Crippen LogP contribution in [0.15, 0.2) is 41.8 Å². The summed E-state index contributed by atoms with van der Waals surface area (Å²) in [5, 5.41) is 3.37. The molecule has 16 heavy (non-hydrogen) atoms. The van der Waals surface area contributed by atoms with Crippen molar-refractivity contribution in [1.29, 1.82) is 0 Å². The van der Waals surface area contributed by atoms with E-state index in [1.54, 1.807) is 23.9 Å². The molecule has 1 N–H and O–H groups in total. The fourth-order valence-electron chi connectivity index (χ4n) is 1.28. The Kier molecular flexibility index (Phi) is 6.19. The average molecular weight is 239 g/mol. The molecule has 0 aliphatic carbocycles. The van der Waals surface area contributed by atoms with Gasteiger partial charge < -0.3 is 5.32 Å². The van der Waals surface area contributed by atoms with Crippen LogP contribution in [0.25, 0.3) is 0 Å². The Labute approximate surface area is 101 Å². The van der Waals surface area contributed by atoms with E-state index in [-0.39, 0.29) is 11.9 Å². The van der Waals surface area contributed by atoms with Crippen LogP contribution in [0.1, 0.15) is 13.3 Å². The van der Waals surface area contributed by atoms with Gasteiger partial charge in [-0.25, -0.2) is 4.39 Å². The fraction of sp³-hybridized carbons (Fsp3) is 0.385. The molecule has 1 aromatic rings. The first kappa shape index (κ1) is 13.3. The largest absolute Gasteiger partial charge is 0.310 e. The van der Waals surface area contributed by atoms with Crippen molar-refractivity contribution < 1.29 is 4.39 Å². The van der Waals surface area contributed by atoms with Crippen molar-refractivity contribution in [2.75, 3.05) is 12.3 Å². The summed E-state index contributed by atoms with van der Waals surface area (Å²) in [4.78, 5) is 0.963. The Hall–Kier alpha value is -0.800. The highest BCUT2D eigenvalue weighted by Gasteiger charge is 2.04. The molecule has 0 saturated carbocycles. The molecule has 1 nitrogen and oxygen atoms in total. The summed E-state index contributed by atoms with van der Waals surface area (Å²) in [6.07, 6.45) is 3.01. The van der Waals surface area contributed by atoms with Crippen molar-refractivity contribution in [3.05, 3.63) is 42.7 Å². The van der Waals surface area contributed by atoms with Crippen molar-refractivity contribution in [2.45, 2.75) is 24.3 Å². The smallest absolute Gasteiger partial charge is 0.124 e. The van der Waals surface area contributed by atoms with Gasteiger partial charge in [0.05, 0.1) is 0 Å². The summed E-state index contributed by atoms with van der Waals surface area (Å²) < 4.78 is 12.9. The molecule has 88 valence electrons. The Bertz CT molecular complexity index is 327. The summed E-state index contributed by atoms with van der Waals surface area (Å²) in [6, 6.07) is 6.97. The van der Waals surface area contributed by atoms with Gasteiger partial charge in [0.1, 0.15) is 5.82 Å². The Morgan fingerprint density at radius 2 is 2.38 bits per heavy atom. The number of hydrogen-bond acceptors (Lipinski definition) is 2. The van der Waals surface area contributed by atoms with Crippen LogP contribution < -0.4 is 5.32 Å². The minimum Gasteiger partial charge on any atom is -0.310 e. The van der Waals surface area contributed by atoms with Crippen LogP contribution in [0.2, 0.25) is 0 Å². The molecule has 0 amide bonds. The first-order chi connectivity index (χ1) is 7.76. The Balaban J connectivity index is 2.40. The van der Waals surface area contributed by atoms with E-state index in [1.807, 2.05) is 12.1 Å². The summed E-state index contributed by atoms with van der Waals surface area (Å²) in [6.45, 7) is 6.91. The van der Waals surface area contributed by atoms with Crippen molar-refractivity contribution in [3.63, 3.8) is 0 Å². The molecule has 1 unspecified atom stereocenters. The molecule has 1 atom stereocenters. The zero-order valence-corrected chi connectivity index (χ0v) is 10.4. The van der Waals surface area contributed by atoms with Gasteiger partial charge in [0.15, 0.2) is 0 Å². The maximum atomic E-state index is 12.9. The van der Waals surface area contributed by atoms with Crippen molar-refractivity contribution in [3.8, 4) is 0 Å². The van der Waals surface area contributed by atoms with E-state index in [1.165, 1.54) is 6.07 Å². The highest BCUT2D eigenvalue weighted by atomic mass is 32.2. The van der Waals surface area contributed by atoms with Gasteiger partial charge in [0.25, 0.3) is 0 Å². The molecule has 0 fully saturated rings. The zero-order valence-electron chi connectivity index (χ0n) is 9.58. The molecular weight excluding hydrogens is 221 g/mol. The topological polar surface area (TPSA) is 12.0 Å². The lowest BCUT2D eigenvalue weighted by atomic mass is 10.3. The quantitative estimate of drug-likeness (QED) is 0.577.